The van der Waals surface area contributed by atoms with Crippen LogP contribution in [0.15, 0.2) is 48.5 Å². The zero-order valence-corrected chi connectivity index (χ0v) is 19.2. The van der Waals surface area contributed by atoms with Gasteiger partial charge in [0.05, 0.1) is 18.8 Å². The van der Waals surface area contributed by atoms with Crippen LogP contribution in [0.1, 0.15) is 53.2 Å². The molecule has 1 fully saturated rings. The summed E-state index contributed by atoms with van der Waals surface area (Å²) in [4.78, 5) is 17.3. The van der Waals surface area contributed by atoms with E-state index >= 15 is 0 Å². The van der Waals surface area contributed by atoms with Crippen molar-refractivity contribution in [3.63, 3.8) is 0 Å². The van der Waals surface area contributed by atoms with E-state index in [2.05, 4.69) is 11.8 Å². The molecule has 1 aliphatic rings. The highest BCUT2D eigenvalue weighted by Gasteiger charge is 2.30. The van der Waals surface area contributed by atoms with Gasteiger partial charge in [0.15, 0.2) is 0 Å². The number of benzene rings is 2. The molecular formula is C26H33F3N2O2. The van der Waals surface area contributed by atoms with Crippen molar-refractivity contribution in [2.24, 2.45) is 0 Å². The first-order valence-corrected chi connectivity index (χ1v) is 11.7. The molecule has 0 aliphatic carbocycles. The minimum atomic E-state index is -4.37. The Bertz CT molecular complexity index is 861. The third-order valence-corrected chi connectivity index (χ3v) is 6.00. The summed E-state index contributed by atoms with van der Waals surface area (Å²) in [6.45, 7) is 6.61. The van der Waals surface area contributed by atoms with E-state index in [1.165, 1.54) is 30.5 Å². The maximum Gasteiger partial charge on any atom is 0.416 e. The summed E-state index contributed by atoms with van der Waals surface area (Å²) in [5.41, 5.74) is 1.80. The highest BCUT2D eigenvalue weighted by Crippen LogP contribution is 2.29. The van der Waals surface area contributed by atoms with Crippen LogP contribution in [0.4, 0.5) is 13.2 Å². The number of amides is 1. The number of hydrogen-bond donors (Lipinski definition) is 0. The maximum absolute atomic E-state index is 13.3. The van der Waals surface area contributed by atoms with Crippen molar-refractivity contribution in [2.75, 3.05) is 39.4 Å². The van der Waals surface area contributed by atoms with Crippen LogP contribution >= 0.6 is 0 Å². The van der Waals surface area contributed by atoms with Gasteiger partial charge >= 0.3 is 6.18 Å². The second-order valence-electron chi connectivity index (χ2n) is 8.53. The van der Waals surface area contributed by atoms with Crippen LogP contribution in [0, 0.1) is 0 Å². The fraction of sp³-hybridized carbons (Fsp3) is 0.500. The van der Waals surface area contributed by atoms with E-state index in [4.69, 9.17) is 4.74 Å². The van der Waals surface area contributed by atoms with Crippen molar-refractivity contribution in [3.8, 4) is 0 Å². The summed E-state index contributed by atoms with van der Waals surface area (Å²) in [6, 6.07) is 12.8. The van der Waals surface area contributed by atoms with Crippen LogP contribution < -0.4 is 0 Å². The van der Waals surface area contributed by atoms with Crippen LogP contribution in [0.5, 0.6) is 0 Å². The Morgan fingerprint density at radius 2 is 1.61 bits per heavy atom. The van der Waals surface area contributed by atoms with Gasteiger partial charge in [0, 0.05) is 38.3 Å². The van der Waals surface area contributed by atoms with Crippen molar-refractivity contribution in [1.82, 2.24) is 9.80 Å². The van der Waals surface area contributed by atoms with Gasteiger partial charge in [-0.2, -0.15) is 13.2 Å². The van der Waals surface area contributed by atoms with Gasteiger partial charge in [0.25, 0.3) is 5.91 Å². The number of rotatable bonds is 10. The molecule has 2 aromatic rings. The summed E-state index contributed by atoms with van der Waals surface area (Å²) in [6.07, 6.45) is 0.100. The Morgan fingerprint density at radius 3 is 2.21 bits per heavy atom. The first kappa shape index (κ1) is 25.2. The summed E-state index contributed by atoms with van der Waals surface area (Å²) >= 11 is 0. The summed E-state index contributed by atoms with van der Waals surface area (Å²) in [5, 5.41) is 0. The lowest BCUT2D eigenvalue weighted by atomic mass is 10.0. The number of alkyl halides is 3. The zero-order chi connectivity index (χ0) is 23.7. The molecule has 1 saturated heterocycles. The quantitative estimate of drug-likeness (QED) is 0.443. The average Bonchev–Trinajstić information content (AvgIpc) is 2.82. The standard InChI is InChI=1S/C26H33F3N2O2/c1-2-3-4-5-21-6-10-23(11-7-21)25(32)31(15-14-30-16-18-33-19-17-30)20-22-8-12-24(13-9-22)26(27,28)29/h6-13H,2-5,14-20H2,1H3. The fourth-order valence-electron chi connectivity index (χ4n) is 3.93. The molecule has 0 radical (unpaired) electrons. The number of aryl methyl sites for hydroxylation is 1. The Balaban J connectivity index is 1.70. The lowest BCUT2D eigenvalue weighted by molar-refractivity contribution is -0.137. The van der Waals surface area contributed by atoms with E-state index in [0.29, 0.717) is 37.4 Å². The Kier molecular flexibility index (Phi) is 9.32. The molecule has 1 aliphatic heterocycles. The molecular weight excluding hydrogens is 429 g/mol. The lowest BCUT2D eigenvalue weighted by Gasteiger charge is -2.30. The van der Waals surface area contributed by atoms with Crippen molar-refractivity contribution in [1.29, 1.82) is 0 Å². The number of nitrogens with zero attached hydrogens (tertiary/aromatic N) is 2. The predicted octanol–water partition coefficient (Wildman–Crippen LogP) is 5.41. The van der Waals surface area contributed by atoms with Gasteiger partial charge < -0.3 is 9.64 Å². The molecule has 0 atom stereocenters. The number of carbonyl (C=O) groups is 1. The first-order valence-electron chi connectivity index (χ1n) is 11.7. The number of unbranched alkanes of at least 4 members (excludes halogenated alkanes) is 2. The second-order valence-corrected chi connectivity index (χ2v) is 8.53. The zero-order valence-electron chi connectivity index (χ0n) is 19.2. The van der Waals surface area contributed by atoms with E-state index in [1.807, 2.05) is 24.3 Å². The van der Waals surface area contributed by atoms with Gasteiger partial charge in [0.2, 0.25) is 0 Å². The molecule has 4 nitrogen and oxygen atoms in total. The van der Waals surface area contributed by atoms with Gasteiger partial charge in [-0.05, 0) is 48.2 Å². The molecule has 7 heteroatoms. The predicted molar refractivity (Wildman–Crippen MR) is 123 cm³/mol. The molecule has 180 valence electrons. The van der Waals surface area contributed by atoms with Crippen LogP contribution in [-0.4, -0.2) is 55.1 Å². The van der Waals surface area contributed by atoms with Crippen molar-refractivity contribution in [2.45, 2.75) is 45.3 Å². The number of morpholine rings is 1. The largest absolute Gasteiger partial charge is 0.416 e. The van der Waals surface area contributed by atoms with Gasteiger partial charge in [0.1, 0.15) is 0 Å². The Labute approximate surface area is 194 Å². The third-order valence-electron chi connectivity index (χ3n) is 6.00. The number of ether oxygens (including phenoxy) is 1. The first-order chi connectivity index (χ1) is 15.9. The Hall–Kier alpha value is -2.38. The monoisotopic (exact) mass is 462 g/mol. The van der Waals surface area contributed by atoms with Crippen molar-refractivity contribution < 1.29 is 22.7 Å². The maximum atomic E-state index is 13.3. The second kappa shape index (κ2) is 12.2. The molecule has 0 N–H and O–H groups in total. The van der Waals surface area contributed by atoms with Crippen LogP contribution in [-0.2, 0) is 23.9 Å². The molecule has 3 rings (SSSR count). The topological polar surface area (TPSA) is 32.8 Å². The van der Waals surface area contributed by atoms with Crippen LogP contribution in [0.3, 0.4) is 0 Å². The molecule has 0 aromatic heterocycles. The van der Waals surface area contributed by atoms with E-state index < -0.39 is 11.7 Å². The Morgan fingerprint density at radius 1 is 0.970 bits per heavy atom. The number of carbonyl (C=O) groups excluding carboxylic acids is 1. The minimum absolute atomic E-state index is 0.108. The molecule has 0 saturated carbocycles. The number of halogens is 3. The third kappa shape index (κ3) is 7.86. The average molecular weight is 463 g/mol. The molecule has 0 spiro atoms. The van der Waals surface area contributed by atoms with Crippen molar-refractivity contribution in [3.05, 3.63) is 70.8 Å². The summed E-state index contributed by atoms with van der Waals surface area (Å²) in [7, 11) is 0. The minimum Gasteiger partial charge on any atom is -0.379 e. The molecule has 33 heavy (non-hydrogen) atoms. The fourth-order valence-corrected chi connectivity index (χ4v) is 3.93. The summed E-state index contributed by atoms with van der Waals surface area (Å²) in [5.74, 6) is -0.108. The molecule has 0 bridgehead atoms. The van der Waals surface area contributed by atoms with Crippen LogP contribution in [0.2, 0.25) is 0 Å². The van der Waals surface area contributed by atoms with Gasteiger partial charge in [-0.15, -0.1) is 0 Å². The molecule has 0 unspecified atom stereocenters. The van der Waals surface area contributed by atoms with E-state index in [9.17, 15) is 18.0 Å². The van der Waals surface area contributed by atoms with Crippen molar-refractivity contribution >= 4 is 5.91 Å². The van der Waals surface area contributed by atoms with Gasteiger partial charge in [-0.1, -0.05) is 44.0 Å². The molecule has 1 amide bonds. The highest BCUT2D eigenvalue weighted by molar-refractivity contribution is 5.94. The van der Waals surface area contributed by atoms with E-state index in [1.54, 1.807) is 4.90 Å². The van der Waals surface area contributed by atoms with Gasteiger partial charge in [-0.25, -0.2) is 0 Å². The molecule has 1 heterocycles. The smallest absolute Gasteiger partial charge is 0.379 e. The van der Waals surface area contributed by atoms with Crippen LogP contribution in [0.25, 0.3) is 0 Å². The van der Waals surface area contributed by atoms with E-state index in [0.717, 1.165) is 38.1 Å². The summed E-state index contributed by atoms with van der Waals surface area (Å²) < 4.78 is 44.1. The molecule has 2 aromatic carbocycles. The van der Waals surface area contributed by atoms with E-state index in [-0.39, 0.29) is 12.5 Å². The van der Waals surface area contributed by atoms with Gasteiger partial charge in [-0.3, -0.25) is 9.69 Å². The highest BCUT2D eigenvalue weighted by atomic mass is 19.4. The number of hydrogen-bond acceptors (Lipinski definition) is 3. The SMILES string of the molecule is CCCCCc1ccc(C(=O)N(CCN2CCOCC2)Cc2ccc(C(F)(F)F)cc2)cc1. The lowest BCUT2D eigenvalue weighted by Crippen LogP contribution is -2.42. The normalized spacial score (nSPS) is 14.9.